The van der Waals surface area contributed by atoms with E-state index in [1.807, 2.05) is 0 Å². The fourth-order valence-corrected chi connectivity index (χ4v) is 11.5. The van der Waals surface area contributed by atoms with Crippen LogP contribution in [0, 0.1) is 0 Å². The van der Waals surface area contributed by atoms with E-state index in [1.165, 1.54) is 154 Å². The summed E-state index contributed by atoms with van der Waals surface area (Å²) in [4.78, 5) is 18.1. The Balaban J connectivity index is 1.68. The summed E-state index contributed by atoms with van der Waals surface area (Å²) in [5.41, 5.74) is 0. The Morgan fingerprint density at radius 2 is 0.405 bits per heavy atom. The van der Waals surface area contributed by atoms with Gasteiger partial charge in [0.05, 0.1) is 39.6 Å². The van der Waals surface area contributed by atoms with Crippen LogP contribution >= 0.6 is 7.60 Å². The Kier molecular flexibility index (Phi) is 37.3. The molecule has 0 saturated carbocycles. The first-order valence-corrected chi connectivity index (χ1v) is 34.9. The summed E-state index contributed by atoms with van der Waals surface area (Å²) >= 11 is 0. The van der Waals surface area contributed by atoms with Crippen LogP contribution in [0.3, 0.4) is 0 Å². The van der Waals surface area contributed by atoms with Crippen molar-refractivity contribution < 1.29 is 42.8 Å². The lowest BCUT2D eigenvalue weighted by Gasteiger charge is -2.21. The fraction of sp³-hybridized carbons (Fsp3) is 0.739. The molecule has 0 bridgehead atoms. The van der Waals surface area contributed by atoms with Gasteiger partial charge in [-0.25, -0.2) is 0 Å². The van der Waals surface area contributed by atoms with E-state index in [1.54, 1.807) is 0 Å². The second kappa shape index (κ2) is 43.3. The van der Waals surface area contributed by atoms with Crippen molar-refractivity contribution in [3.05, 3.63) is 36.4 Å². The second-order valence-corrected chi connectivity index (χ2v) is 24.8. The third-order valence-electron chi connectivity index (χ3n) is 15.8. The zero-order chi connectivity index (χ0) is 56.4. The third-order valence-corrected chi connectivity index (χ3v) is 16.6. The molecule has 0 aliphatic rings. The smallest absolute Gasteiger partial charge is 0.325 e. The largest absolute Gasteiger partial charge is 0.490 e. The first-order valence-electron chi connectivity index (χ1n) is 33.1. The maximum atomic E-state index is 11.1. The summed E-state index contributed by atoms with van der Waals surface area (Å²) in [7, 11) is -3.85. The van der Waals surface area contributed by atoms with Crippen LogP contribution in [0.5, 0.6) is 34.5 Å². The predicted octanol–water partition coefficient (Wildman–Crippen LogP) is 21.9. The minimum Gasteiger partial charge on any atom is -0.490 e. The molecule has 0 unspecified atom stereocenters. The molecule has 0 aliphatic heterocycles. The highest BCUT2D eigenvalue weighted by Crippen LogP contribution is 2.47. The van der Waals surface area contributed by atoms with E-state index in [-0.39, 0.29) is 6.16 Å². The molecule has 0 saturated heterocycles. The highest BCUT2D eigenvalue weighted by molar-refractivity contribution is 7.51. The van der Waals surface area contributed by atoms with Crippen LogP contribution in [0.2, 0.25) is 0 Å². The molecular weight excluding hydrogens is 1000 g/mol. The minimum atomic E-state index is -3.85. The van der Waals surface area contributed by atoms with E-state index < -0.39 is 7.60 Å². The van der Waals surface area contributed by atoms with Crippen LogP contribution in [-0.2, 0) is 4.57 Å². The van der Waals surface area contributed by atoms with Crippen LogP contribution < -0.4 is 28.4 Å². The van der Waals surface area contributed by atoms with Gasteiger partial charge in [-0.05, 0) is 114 Å². The van der Waals surface area contributed by atoms with Gasteiger partial charge in [0.15, 0.2) is 34.5 Å². The number of hydrogen-bond donors (Lipinski definition) is 2. The molecule has 0 heterocycles. The van der Waals surface area contributed by atoms with E-state index in [2.05, 4.69) is 71.0 Å². The second-order valence-electron chi connectivity index (χ2n) is 23.0. The normalized spacial score (nSPS) is 11.8. The number of fused-ring (bicyclic) bond motifs is 6. The van der Waals surface area contributed by atoms with Gasteiger partial charge in [0.25, 0.3) is 0 Å². The zero-order valence-corrected chi connectivity index (χ0v) is 52.1. The van der Waals surface area contributed by atoms with Gasteiger partial charge >= 0.3 is 7.60 Å². The highest BCUT2D eigenvalue weighted by atomic mass is 31.2. The van der Waals surface area contributed by atoms with Crippen molar-refractivity contribution in [2.24, 2.45) is 0 Å². The Bertz CT molecular complexity index is 2170. The van der Waals surface area contributed by atoms with E-state index in [9.17, 15) is 4.57 Å². The van der Waals surface area contributed by atoms with Crippen LogP contribution in [0.15, 0.2) is 36.4 Å². The van der Waals surface area contributed by atoms with Crippen LogP contribution in [0.1, 0.15) is 285 Å². The van der Waals surface area contributed by atoms with Crippen molar-refractivity contribution >= 4 is 39.9 Å². The molecule has 0 amide bonds. The van der Waals surface area contributed by atoms with Crippen molar-refractivity contribution in [2.75, 3.05) is 45.8 Å². The quantitative estimate of drug-likeness (QED) is 0.0254. The van der Waals surface area contributed by atoms with Gasteiger partial charge in [-0.15, -0.1) is 0 Å². The first kappa shape index (κ1) is 68.1. The molecule has 79 heavy (non-hydrogen) atoms. The van der Waals surface area contributed by atoms with Gasteiger partial charge in [-0.2, -0.15) is 0 Å². The van der Waals surface area contributed by atoms with Crippen molar-refractivity contribution in [2.45, 2.75) is 285 Å². The molecule has 4 aromatic carbocycles. The molecular formula is C69H115O9P. The van der Waals surface area contributed by atoms with Crippen molar-refractivity contribution in [1.29, 1.82) is 0 Å². The summed E-state index contributed by atoms with van der Waals surface area (Å²) in [6.45, 7) is 15.2. The molecule has 4 rings (SSSR count). The molecule has 0 aromatic heterocycles. The predicted molar refractivity (Wildman–Crippen MR) is 337 cm³/mol. The topological polar surface area (TPSA) is 113 Å². The number of ether oxygens (including phenoxy) is 6. The maximum absolute atomic E-state index is 11.1. The monoisotopic (exact) mass is 1120 g/mol. The summed E-state index contributed by atoms with van der Waals surface area (Å²) in [6, 6.07) is 13.5. The minimum absolute atomic E-state index is 0.0244. The maximum Gasteiger partial charge on any atom is 0.325 e. The van der Waals surface area contributed by atoms with E-state index >= 15 is 0 Å². The van der Waals surface area contributed by atoms with Crippen molar-refractivity contribution in [3.8, 4) is 34.5 Å². The Labute approximate surface area is 482 Å². The van der Waals surface area contributed by atoms with Crippen LogP contribution in [0.25, 0.3) is 32.3 Å². The SMILES string of the molecule is CCCCCCCOc1cc2c3cc(OCCCCCCC)c(OCCCCCCC)cc3c3cc(OCCCCCCCCCCCCCCCCP(=O)(O)O)c(OCCCCCCC)cc3c2cc1OCCCCCCC. The summed E-state index contributed by atoms with van der Waals surface area (Å²) in [5, 5.41) is 6.67. The molecule has 0 spiro atoms. The molecule has 0 atom stereocenters. The molecule has 4 aromatic rings. The van der Waals surface area contributed by atoms with Gasteiger partial charge in [0.2, 0.25) is 0 Å². The average molecular weight is 1120 g/mol. The molecule has 0 aliphatic carbocycles. The number of rotatable bonds is 53. The first-order chi connectivity index (χ1) is 38.7. The van der Waals surface area contributed by atoms with Crippen LogP contribution in [-0.4, -0.2) is 55.6 Å². The van der Waals surface area contributed by atoms with Gasteiger partial charge < -0.3 is 38.2 Å². The lowest BCUT2D eigenvalue weighted by molar-refractivity contribution is 0.258. The Morgan fingerprint density at radius 3 is 0.570 bits per heavy atom. The Morgan fingerprint density at radius 1 is 0.253 bits per heavy atom. The molecule has 9 nitrogen and oxygen atoms in total. The summed E-state index contributed by atoms with van der Waals surface area (Å²) in [5.74, 6) is 4.85. The molecule has 2 N–H and O–H groups in total. The number of unbranched alkanes of at least 4 members (excludes halogenated alkanes) is 33. The van der Waals surface area contributed by atoms with Gasteiger partial charge in [0.1, 0.15) is 0 Å². The Hall–Kier alpha value is -3.39. The summed E-state index contributed by atoms with van der Waals surface area (Å²) in [6.07, 6.45) is 45.4. The molecule has 0 radical (unpaired) electrons. The third kappa shape index (κ3) is 28.4. The number of hydrogen-bond acceptors (Lipinski definition) is 7. The number of benzene rings is 4. The lowest BCUT2D eigenvalue weighted by Crippen LogP contribution is -2.05. The van der Waals surface area contributed by atoms with Crippen molar-refractivity contribution in [1.82, 2.24) is 0 Å². The van der Waals surface area contributed by atoms with E-state index in [4.69, 9.17) is 38.2 Å². The van der Waals surface area contributed by atoms with Crippen molar-refractivity contribution in [3.63, 3.8) is 0 Å². The highest BCUT2D eigenvalue weighted by Gasteiger charge is 2.21. The van der Waals surface area contributed by atoms with Gasteiger partial charge in [0, 0.05) is 6.16 Å². The van der Waals surface area contributed by atoms with Crippen LogP contribution in [0.4, 0.5) is 0 Å². The fourth-order valence-electron chi connectivity index (χ4n) is 10.9. The van der Waals surface area contributed by atoms with E-state index in [0.717, 1.165) is 157 Å². The summed E-state index contributed by atoms with van der Waals surface area (Å²) < 4.78 is 51.8. The molecule has 450 valence electrons. The van der Waals surface area contributed by atoms with E-state index in [0.29, 0.717) is 46.1 Å². The molecule has 10 heteroatoms. The average Bonchev–Trinajstić information content (AvgIpc) is 3.61. The zero-order valence-electron chi connectivity index (χ0n) is 51.2. The van der Waals surface area contributed by atoms with Gasteiger partial charge in [-0.3, -0.25) is 4.57 Å². The standard InChI is InChI=1S/C69H115O9P/c1-6-11-16-31-38-45-73-64-52-58-59-53-65(74-46-39-32-17-12-7-2)67(76-48-41-34-19-14-9-4)55-61(59)63-57-69(78-50-43-36-29-27-25-23-21-22-24-26-28-30-37-44-51-79(70,71)72)68(77-49-42-35-20-15-10-5)56-62(63)60(58)54-66(64)75-47-40-33-18-13-8-3/h52-57H,6-51H2,1-5H3,(H2,70,71,72). The molecule has 0 fully saturated rings. The van der Waals surface area contributed by atoms with Gasteiger partial charge in [-0.1, -0.05) is 240 Å². The lowest BCUT2D eigenvalue weighted by atomic mass is 9.93.